The van der Waals surface area contributed by atoms with Crippen LogP contribution in [-0.2, 0) is 17.6 Å². The van der Waals surface area contributed by atoms with E-state index >= 15 is 0 Å². The summed E-state index contributed by atoms with van der Waals surface area (Å²) in [5.41, 5.74) is 2.81. The molecule has 146 valence electrons. The van der Waals surface area contributed by atoms with Gasteiger partial charge < -0.3 is 4.74 Å². The third-order valence-electron chi connectivity index (χ3n) is 6.29. The summed E-state index contributed by atoms with van der Waals surface area (Å²) in [7, 11) is 0. The van der Waals surface area contributed by atoms with Crippen molar-refractivity contribution in [3.8, 4) is 11.6 Å². The minimum absolute atomic E-state index is 0.115. The van der Waals surface area contributed by atoms with E-state index in [9.17, 15) is 4.79 Å². The Bertz CT molecular complexity index is 863. The molecule has 0 N–H and O–H groups in total. The zero-order valence-electron chi connectivity index (χ0n) is 16.1. The van der Waals surface area contributed by atoms with Crippen molar-refractivity contribution in [3.63, 3.8) is 0 Å². The first kappa shape index (κ1) is 17.6. The van der Waals surface area contributed by atoms with Crippen molar-refractivity contribution < 1.29 is 9.53 Å². The van der Waals surface area contributed by atoms with Gasteiger partial charge in [-0.1, -0.05) is 12.5 Å². The molecule has 6 heteroatoms. The fourth-order valence-corrected chi connectivity index (χ4v) is 4.41. The van der Waals surface area contributed by atoms with Crippen LogP contribution < -0.4 is 9.64 Å². The van der Waals surface area contributed by atoms with Gasteiger partial charge in [0.1, 0.15) is 5.75 Å². The van der Waals surface area contributed by atoms with Crippen LogP contribution in [0.15, 0.2) is 30.6 Å². The number of rotatable bonds is 4. The maximum Gasteiger partial charge on any atom is 0.237 e. The zero-order valence-corrected chi connectivity index (χ0v) is 16.1. The number of nitrogens with zero attached hydrogens (tertiary/aromatic N) is 4. The lowest BCUT2D eigenvalue weighted by Gasteiger charge is -2.36. The van der Waals surface area contributed by atoms with Gasteiger partial charge in [-0.2, -0.15) is 0 Å². The van der Waals surface area contributed by atoms with E-state index in [-0.39, 0.29) is 5.91 Å². The van der Waals surface area contributed by atoms with Crippen LogP contribution >= 0.6 is 0 Å². The molecule has 6 nitrogen and oxygen atoms in total. The van der Waals surface area contributed by atoms with Crippen LogP contribution in [-0.4, -0.2) is 46.5 Å². The Morgan fingerprint density at radius 3 is 2.46 bits per heavy atom. The van der Waals surface area contributed by atoms with Crippen LogP contribution in [0.1, 0.15) is 43.2 Å². The summed E-state index contributed by atoms with van der Waals surface area (Å²) in [6.45, 7) is 3.02. The summed E-state index contributed by atoms with van der Waals surface area (Å²) in [5, 5.41) is 0. The molecule has 5 rings (SSSR count). The van der Waals surface area contributed by atoms with Crippen LogP contribution in [0.5, 0.6) is 11.6 Å². The number of hydrogen-bond acceptors (Lipinski definition) is 5. The highest BCUT2D eigenvalue weighted by atomic mass is 16.5. The minimum atomic E-state index is 0.115. The Kier molecular flexibility index (Phi) is 4.72. The first-order chi connectivity index (χ1) is 13.8. The Morgan fingerprint density at radius 2 is 1.79 bits per heavy atom. The van der Waals surface area contributed by atoms with Gasteiger partial charge in [0.2, 0.25) is 11.8 Å². The molecule has 3 heterocycles. The molecule has 1 aromatic heterocycles. The predicted octanol–water partition coefficient (Wildman–Crippen LogP) is 3.35. The number of anilines is 1. The fraction of sp³-hybridized carbons (Fsp3) is 0.500. The maximum absolute atomic E-state index is 11.8. The second kappa shape index (κ2) is 7.51. The van der Waals surface area contributed by atoms with Gasteiger partial charge in [-0.3, -0.25) is 14.6 Å². The van der Waals surface area contributed by atoms with Gasteiger partial charge in [-0.25, -0.2) is 9.97 Å². The molecule has 0 radical (unpaired) electrons. The highest BCUT2D eigenvalue weighted by Crippen LogP contribution is 2.29. The minimum Gasteiger partial charge on any atom is -0.437 e. The van der Waals surface area contributed by atoms with Crippen molar-refractivity contribution in [1.82, 2.24) is 14.9 Å². The van der Waals surface area contributed by atoms with Crippen molar-refractivity contribution in [1.29, 1.82) is 0 Å². The summed E-state index contributed by atoms with van der Waals surface area (Å²) < 4.78 is 5.95. The van der Waals surface area contributed by atoms with Gasteiger partial charge in [-0.15, -0.1) is 0 Å². The topological polar surface area (TPSA) is 58.6 Å². The molecule has 1 aromatic carbocycles. The predicted molar refractivity (Wildman–Crippen MR) is 107 cm³/mol. The van der Waals surface area contributed by atoms with E-state index in [0.717, 1.165) is 44.1 Å². The van der Waals surface area contributed by atoms with Crippen LogP contribution in [0.3, 0.4) is 0 Å². The third kappa shape index (κ3) is 3.49. The number of fused-ring (bicyclic) bond motifs is 1. The standard InChI is InChI=1S/C22H26N4O2/c27-22-5-2-10-26(22)20-14-24-21(15-23-20)28-19-7-6-16-8-11-25(18-3-1-4-18)12-9-17(16)13-19/h6-7,13-15,18H,1-5,8-12H2. The van der Waals surface area contributed by atoms with Gasteiger partial charge in [0.05, 0.1) is 12.4 Å². The van der Waals surface area contributed by atoms with E-state index in [1.54, 1.807) is 17.3 Å². The Morgan fingerprint density at radius 1 is 0.929 bits per heavy atom. The third-order valence-corrected chi connectivity index (χ3v) is 6.29. The smallest absolute Gasteiger partial charge is 0.237 e. The number of benzene rings is 1. The molecule has 0 spiro atoms. The van der Waals surface area contributed by atoms with E-state index in [1.807, 2.05) is 6.07 Å². The van der Waals surface area contributed by atoms with Gasteiger partial charge in [0.15, 0.2) is 5.82 Å². The first-order valence-corrected chi connectivity index (χ1v) is 10.4. The summed E-state index contributed by atoms with van der Waals surface area (Å²) >= 11 is 0. The van der Waals surface area contributed by atoms with Crippen molar-refractivity contribution in [2.45, 2.75) is 51.0 Å². The average Bonchev–Trinajstić information content (AvgIpc) is 2.99. The quantitative estimate of drug-likeness (QED) is 0.817. The van der Waals surface area contributed by atoms with Crippen molar-refractivity contribution in [3.05, 3.63) is 41.7 Å². The Labute approximate surface area is 165 Å². The molecule has 28 heavy (non-hydrogen) atoms. The van der Waals surface area contributed by atoms with Gasteiger partial charge in [0, 0.05) is 32.1 Å². The first-order valence-electron chi connectivity index (χ1n) is 10.4. The SMILES string of the molecule is O=C1CCCN1c1cnc(Oc2ccc3c(c2)CCN(C2CCC2)CC3)cn1. The highest BCUT2D eigenvalue weighted by Gasteiger charge is 2.26. The molecule has 0 unspecified atom stereocenters. The summed E-state index contributed by atoms with van der Waals surface area (Å²) in [5.74, 6) is 1.98. The van der Waals surface area contributed by atoms with Gasteiger partial charge >= 0.3 is 0 Å². The molecule has 1 saturated heterocycles. The number of carbonyl (C=O) groups excluding carboxylic acids is 1. The molecular formula is C22H26N4O2. The number of amides is 1. The number of hydrogen-bond donors (Lipinski definition) is 0. The molecule has 2 fully saturated rings. The van der Waals surface area contributed by atoms with E-state index in [4.69, 9.17) is 4.74 Å². The largest absolute Gasteiger partial charge is 0.437 e. The summed E-state index contributed by atoms with van der Waals surface area (Å²) in [4.78, 5) is 24.9. The molecule has 1 saturated carbocycles. The van der Waals surface area contributed by atoms with Crippen LogP contribution in [0.2, 0.25) is 0 Å². The monoisotopic (exact) mass is 378 g/mol. The number of aromatic nitrogens is 2. The highest BCUT2D eigenvalue weighted by molar-refractivity contribution is 5.94. The van der Waals surface area contributed by atoms with E-state index in [1.165, 1.54) is 36.9 Å². The van der Waals surface area contributed by atoms with Crippen molar-refractivity contribution in [2.75, 3.05) is 24.5 Å². The normalized spacial score (nSPS) is 20.6. The van der Waals surface area contributed by atoms with Gasteiger partial charge in [-0.05, 0) is 55.4 Å². The number of ether oxygens (including phenoxy) is 1. The van der Waals surface area contributed by atoms with Crippen molar-refractivity contribution in [2.24, 2.45) is 0 Å². The van der Waals surface area contributed by atoms with Crippen molar-refractivity contribution >= 4 is 11.7 Å². The Balaban J connectivity index is 1.26. The van der Waals surface area contributed by atoms with E-state index < -0.39 is 0 Å². The molecule has 2 aromatic rings. The molecule has 2 aliphatic heterocycles. The van der Waals surface area contributed by atoms with E-state index in [0.29, 0.717) is 18.1 Å². The zero-order chi connectivity index (χ0) is 18.9. The second-order valence-electron chi connectivity index (χ2n) is 8.02. The van der Waals surface area contributed by atoms with Gasteiger partial charge in [0.25, 0.3) is 0 Å². The van der Waals surface area contributed by atoms with Crippen LogP contribution in [0.4, 0.5) is 5.82 Å². The molecule has 1 amide bonds. The second-order valence-corrected chi connectivity index (χ2v) is 8.02. The lowest BCUT2D eigenvalue weighted by Crippen LogP contribution is -2.41. The fourth-order valence-electron chi connectivity index (χ4n) is 4.41. The maximum atomic E-state index is 11.8. The molecule has 0 bridgehead atoms. The molecule has 0 atom stereocenters. The molecular weight excluding hydrogens is 352 g/mol. The van der Waals surface area contributed by atoms with Crippen LogP contribution in [0.25, 0.3) is 0 Å². The number of carbonyl (C=O) groups is 1. The Hall–Kier alpha value is -2.47. The van der Waals surface area contributed by atoms with Crippen LogP contribution in [0, 0.1) is 0 Å². The summed E-state index contributed by atoms with van der Waals surface area (Å²) in [6.07, 6.45) is 11.0. The summed E-state index contributed by atoms with van der Waals surface area (Å²) in [6, 6.07) is 7.18. The molecule has 1 aliphatic carbocycles. The average molecular weight is 378 g/mol. The molecule has 3 aliphatic rings. The lowest BCUT2D eigenvalue weighted by molar-refractivity contribution is -0.117. The lowest BCUT2D eigenvalue weighted by atomic mass is 9.91. The van der Waals surface area contributed by atoms with E-state index in [2.05, 4.69) is 27.0 Å².